The quantitative estimate of drug-likeness (QED) is 0.831. The Morgan fingerprint density at radius 3 is 2.76 bits per heavy atom. The first-order chi connectivity index (χ1) is 11.9. The fraction of sp³-hybridized carbons (Fsp3) is 0.375. The molecule has 0 saturated carbocycles. The van der Waals surface area contributed by atoms with Gasteiger partial charge in [0, 0.05) is 5.69 Å². The van der Waals surface area contributed by atoms with E-state index in [1.54, 1.807) is 23.7 Å². The molecule has 4 rings (SSSR count). The molecule has 1 aromatic heterocycles. The molecule has 1 saturated heterocycles. The molecule has 0 bridgehead atoms. The fourth-order valence-electron chi connectivity index (χ4n) is 3.42. The predicted octanol–water partition coefficient (Wildman–Crippen LogP) is 2.06. The number of nitrogens with zero attached hydrogens (tertiary/aromatic N) is 2. The van der Waals surface area contributed by atoms with Gasteiger partial charge in [0.1, 0.15) is 11.3 Å². The highest BCUT2D eigenvalue weighted by Gasteiger charge is 2.35. The minimum Gasteiger partial charge on any atom is -0.361 e. The van der Waals surface area contributed by atoms with Crippen molar-refractivity contribution in [1.29, 1.82) is 0 Å². The van der Waals surface area contributed by atoms with E-state index in [1.807, 2.05) is 12.1 Å². The third-order valence-electron chi connectivity index (χ3n) is 4.66. The number of aryl methyl sites for hydroxylation is 1. The molecule has 2 aromatic rings. The van der Waals surface area contributed by atoms with Gasteiger partial charge in [0.25, 0.3) is 5.91 Å². The summed E-state index contributed by atoms with van der Waals surface area (Å²) in [5, 5.41) is 10.9. The van der Waals surface area contributed by atoms with Crippen molar-refractivity contribution in [2.75, 3.05) is 16.8 Å². The summed E-state index contributed by atoms with van der Waals surface area (Å²) in [4.78, 5) is 12.3. The van der Waals surface area contributed by atoms with Crippen molar-refractivity contribution in [3.05, 3.63) is 46.2 Å². The fourth-order valence-corrected chi connectivity index (χ4v) is 5.54. The number of carbonyl (C=O) groups excluding carboxylic acids is 1. The average molecular weight is 381 g/mol. The Morgan fingerprint density at radius 2 is 2.04 bits per heavy atom. The predicted molar refractivity (Wildman–Crippen MR) is 94.6 cm³/mol. The first-order valence-corrected chi connectivity index (χ1v) is 10.2. The van der Waals surface area contributed by atoms with E-state index in [0.717, 1.165) is 5.69 Å². The summed E-state index contributed by atoms with van der Waals surface area (Å²) in [5.74, 6) is 0.000203. The Labute approximate surface area is 150 Å². The van der Waals surface area contributed by atoms with Crippen LogP contribution in [0.15, 0.2) is 24.3 Å². The number of amides is 1. The second-order valence-electron chi connectivity index (χ2n) is 6.39. The average Bonchev–Trinajstić information content (AvgIpc) is 3.06. The van der Waals surface area contributed by atoms with Crippen molar-refractivity contribution in [1.82, 2.24) is 15.1 Å². The molecule has 7 nitrogen and oxygen atoms in total. The first-order valence-electron chi connectivity index (χ1n) is 7.97. The lowest BCUT2D eigenvalue weighted by Gasteiger charge is -2.28. The van der Waals surface area contributed by atoms with E-state index in [2.05, 4.69) is 15.7 Å². The van der Waals surface area contributed by atoms with E-state index in [1.165, 1.54) is 0 Å². The lowest BCUT2D eigenvalue weighted by Crippen LogP contribution is -2.38. The van der Waals surface area contributed by atoms with Gasteiger partial charge in [-0.3, -0.25) is 4.79 Å². The SMILES string of the molecule is Cc1nn([C@H]2CCS(=O)(=O)C2)c(Cl)c1[C@H]1NC(=O)c2ccccc2N1. The Morgan fingerprint density at radius 1 is 1.28 bits per heavy atom. The molecule has 2 aliphatic heterocycles. The molecule has 2 aliphatic rings. The zero-order chi connectivity index (χ0) is 17.8. The van der Waals surface area contributed by atoms with Crippen molar-refractivity contribution in [3.8, 4) is 0 Å². The molecular weight excluding hydrogens is 364 g/mol. The second-order valence-corrected chi connectivity index (χ2v) is 8.97. The number of carbonyl (C=O) groups is 1. The van der Waals surface area contributed by atoms with E-state index in [-0.39, 0.29) is 23.5 Å². The molecule has 1 fully saturated rings. The molecule has 2 atom stereocenters. The van der Waals surface area contributed by atoms with Crippen LogP contribution in [0.5, 0.6) is 0 Å². The number of aromatic nitrogens is 2. The standard InChI is InChI=1S/C16H17ClN4O3S/c1-9-13(14(17)21(20-9)10-6-7-25(23,24)8-10)15-18-12-5-3-2-4-11(12)16(22)19-15/h2-5,10,15,18H,6-8H2,1H3,(H,19,22)/t10-,15+/m0/s1. The van der Waals surface area contributed by atoms with E-state index in [0.29, 0.717) is 28.4 Å². The summed E-state index contributed by atoms with van der Waals surface area (Å²) in [7, 11) is -3.04. The van der Waals surface area contributed by atoms with Crippen LogP contribution in [0.25, 0.3) is 0 Å². The number of rotatable bonds is 2. The maximum Gasteiger partial charge on any atom is 0.255 e. The third-order valence-corrected chi connectivity index (χ3v) is 6.79. The Bertz CT molecular complexity index is 970. The van der Waals surface area contributed by atoms with Gasteiger partial charge in [-0.1, -0.05) is 23.7 Å². The Balaban J connectivity index is 1.69. The topological polar surface area (TPSA) is 93.1 Å². The van der Waals surface area contributed by atoms with Gasteiger partial charge in [-0.05, 0) is 25.5 Å². The van der Waals surface area contributed by atoms with Crippen molar-refractivity contribution < 1.29 is 13.2 Å². The monoisotopic (exact) mass is 380 g/mol. The lowest BCUT2D eigenvalue weighted by atomic mass is 10.1. The number of halogens is 1. The number of hydrogen-bond acceptors (Lipinski definition) is 5. The normalized spacial score (nSPS) is 24.5. The van der Waals surface area contributed by atoms with Crippen LogP contribution in [0.4, 0.5) is 5.69 Å². The maximum atomic E-state index is 12.3. The molecule has 0 unspecified atom stereocenters. The molecule has 3 heterocycles. The number of hydrogen-bond donors (Lipinski definition) is 2. The van der Waals surface area contributed by atoms with Crippen LogP contribution in [-0.4, -0.2) is 35.6 Å². The molecule has 0 spiro atoms. The lowest BCUT2D eigenvalue weighted by molar-refractivity contribution is 0.0935. The molecular formula is C16H17ClN4O3S. The summed E-state index contributed by atoms with van der Waals surface area (Å²) in [6.45, 7) is 1.80. The number of benzene rings is 1. The van der Waals surface area contributed by atoms with Gasteiger partial charge < -0.3 is 10.6 Å². The van der Waals surface area contributed by atoms with Gasteiger partial charge in [-0.15, -0.1) is 0 Å². The molecule has 1 aromatic carbocycles. The number of anilines is 1. The zero-order valence-corrected chi connectivity index (χ0v) is 15.1. The molecule has 0 radical (unpaired) electrons. The van der Waals surface area contributed by atoms with Crippen LogP contribution >= 0.6 is 11.6 Å². The summed E-state index contributed by atoms with van der Waals surface area (Å²) in [5.41, 5.74) is 2.62. The summed E-state index contributed by atoms with van der Waals surface area (Å²) in [6, 6.07) is 6.96. The maximum absolute atomic E-state index is 12.3. The summed E-state index contributed by atoms with van der Waals surface area (Å²) in [6.07, 6.45) is -0.0164. The molecule has 25 heavy (non-hydrogen) atoms. The van der Waals surface area contributed by atoms with Crippen molar-refractivity contribution >= 4 is 33.0 Å². The highest BCUT2D eigenvalue weighted by atomic mass is 35.5. The van der Waals surface area contributed by atoms with E-state index in [9.17, 15) is 13.2 Å². The zero-order valence-electron chi connectivity index (χ0n) is 13.5. The third kappa shape index (κ3) is 2.79. The molecule has 1 amide bonds. The molecule has 2 N–H and O–H groups in total. The summed E-state index contributed by atoms with van der Waals surface area (Å²) >= 11 is 6.53. The Kier molecular flexibility index (Phi) is 3.77. The highest BCUT2D eigenvalue weighted by Crippen LogP contribution is 2.35. The molecule has 9 heteroatoms. The van der Waals surface area contributed by atoms with Gasteiger partial charge in [0.2, 0.25) is 0 Å². The Hall–Kier alpha value is -2.06. The van der Waals surface area contributed by atoms with Gasteiger partial charge >= 0.3 is 0 Å². The van der Waals surface area contributed by atoms with Crippen molar-refractivity contribution in [2.45, 2.75) is 25.6 Å². The van der Waals surface area contributed by atoms with Crippen molar-refractivity contribution in [3.63, 3.8) is 0 Å². The van der Waals surface area contributed by atoms with E-state index >= 15 is 0 Å². The van der Waals surface area contributed by atoms with Crippen LogP contribution < -0.4 is 10.6 Å². The van der Waals surface area contributed by atoms with Crippen LogP contribution in [0.2, 0.25) is 5.15 Å². The second kappa shape index (κ2) is 5.74. The number of fused-ring (bicyclic) bond motifs is 1. The van der Waals surface area contributed by atoms with Gasteiger partial charge in [0.15, 0.2) is 9.84 Å². The van der Waals surface area contributed by atoms with Gasteiger partial charge in [-0.2, -0.15) is 5.10 Å². The van der Waals surface area contributed by atoms with Crippen LogP contribution in [-0.2, 0) is 9.84 Å². The largest absolute Gasteiger partial charge is 0.361 e. The van der Waals surface area contributed by atoms with E-state index in [4.69, 9.17) is 11.6 Å². The smallest absolute Gasteiger partial charge is 0.255 e. The highest BCUT2D eigenvalue weighted by molar-refractivity contribution is 7.91. The van der Waals surface area contributed by atoms with Crippen LogP contribution in [0, 0.1) is 6.92 Å². The minimum absolute atomic E-state index is 0.0422. The van der Waals surface area contributed by atoms with E-state index < -0.39 is 16.0 Å². The molecule has 0 aliphatic carbocycles. The van der Waals surface area contributed by atoms with Crippen LogP contribution in [0.1, 0.15) is 40.2 Å². The minimum atomic E-state index is -3.04. The van der Waals surface area contributed by atoms with Gasteiger partial charge in [-0.25, -0.2) is 13.1 Å². The number of nitrogens with one attached hydrogen (secondary N) is 2. The van der Waals surface area contributed by atoms with Crippen molar-refractivity contribution in [2.24, 2.45) is 0 Å². The number of sulfone groups is 1. The summed E-state index contributed by atoms with van der Waals surface area (Å²) < 4.78 is 25.1. The van der Waals surface area contributed by atoms with Crippen LogP contribution in [0.3, 0.4) is 0 Å². The molecule has 132 valence electrons. The van der Waals surface area contributed by atoms with Gasteiger partial charge in [0.05, 0.1) is 34.4 Å². The number of para-hydroxylation sites is 1. The first kappa shape index (κ1) is 16.4.